The van der Waals surface area contributed by atoms with Gasteiger partial charge in [0, 0.05) is 61.8 Å². The molecule has 0 saturated heterocycles. The van der Waals surface area contributed by atoms with Crippen LogP contribution < -0.4 is 9.80 Å². The summed E-state index contributed by atoms with van der Waals surface area (Å²) < 4.78 is 6.96. The van der Waals surface area contributed by atoms with Gasteiger partial charge < -0.3 is 14.2 Å². The van der Waals surface area contributed by atoms with Crippen molar-refractivity contribution in [3.05, 3.63) is 230 Å². The molecule has 0 aliphatic heterocycles. The number of hydrogen-bond donors (Lipinski definition) is 0. The molecule has 1 aromatic heterocycles. The van der Waals surface area contributed by atoms with Crippen LogP contribution in [0.15, 0.2) is 223 Å². The quantitative estimate of drug-likeness (QED) is 0.150. The largest absolute Gasteiger partial charge is 0.455 e. The molecule has 0 spiro atoms. The Balaban J connectivity index is 0.959. The van der Waals surface area contributed by atoms with Crippen LogP contribution in [0, 0.1) is 0 Å². The summed E-state index contributed by atoms with van der Waals surface area (Å²) in [5.41, 5.74) is 16.0. The minimum atomic E-state index is -0.199. The van der Waals surface area contributed by atoms with Gasteiger partial charge in [-0.15, -0.1) is 0 Å². The maximum atomic E-state index is 6.96. The molecular formula is C59H42N2O. The van der Waals surface area contributed by atoms with Crippen molar-refractivity contribution < 1.29 is 4.42 Å². The first kappa shape index (κ1) is 36.0. The molecule has 3 heteroatoms. The number of nitrogens with zero attached hydrogens (tertiary/aromatic N) is 2. The summed E-state index contributed by atoms with van der Waals surface area (Å²) in [6.45, 7) is 4.74. The third-order valence-electron chi connectivity index (χ3n) is 13.0. The van der Waals surface area contributed by atoms with Crippen molar-refractivity contribution >= 4 is 77.6 Å². The van der Waals surface area contributed by atoms with Gasteiger partial charge in [-0.1, -0.05) is 135 Å². The fraction of sp³-hybridized carbons (Fsp3) is 0.0508. The number of para-hydroxylation sites is 4. The van der Waals surface area contributed by atoms with Gasteiger partial charge in [-0.25, -0.2) is 0 Å². The Morgan fingerprint density at radius 3 is 1.39 bits per heavy atom. The van der Waals surface area contributed by atoms with E-state index >= 15 is 0 Å². The van der Waals surface area contributed by atoms with Gasteiger partial charge >= 0.3 is 0 Å². The summed E-state index contributed by atoms with van der Waals surface area (Å²) in [6.07, 6.45) is 0. The second-order valence-electron chi connectivity index (χ2n) is 16.9. The van der Waals surface area contributed by atoms with Crippen molar-refractivity contribution in [3.8, 4) is 22.3 Å². The average molecular weight is 795 g/mol. The number of benzene rings is 10. The van der Waals surface area contributed by atoms with Gasteiger partial charge in [-0.05, 0) is 141 Å². The van der Waals surface area contributed by atoms with Crippen molar-refractivity contribution in [3.63, 3.8) is 0 Å². The van der Waals surface area contributed by atoms with E-state index in [0.717, 1.165) is 61.4 Å². The van der Waals surface area contributed by atoms with E-state index in [-0.39, 0.29) is 5.41 Å². The Bertz CT molecular complexity index is 3400. The lowest BCUT2D eigenvalue weighted by Crippen LogP contribution is -2.16. The van der Waals surface area contributed by atoms with E-state index in [2.05, 4.69) is 242 Å². The van der Waals surface area contributed by atoms with Crippen LogP contribution in [-0.4, -0.2) is 0 Å². The predicted octanol–water partition coefficient (Wildman–Crippen LogP) is 16.8. The molecule has 62 heavy (non-hydrogen) atoms. The van der Waals surface area contributed by atoms with Gasteiger partial charge in [0.25, 0.3) is 0 Å². The van der Waals surface area contributed by atoms with Crippen LogP contribution in [0.3, 0.4) is 0 Å². The van der Waals surface area contributed by atoms with Crippen LogP contribution >= 0.6 is 0 Å². The molecule has 1 aliphatic carbocycles. The maximum Gasteiger partial charge on any atom is 0.143 e. The fourth-order valence-corrected chi connectivity index (χ4v) is 10.0. The molecule has 0 fully saturated rings. The van der Waals surface area contributed by atoms with Crippen molar-refractivity contribution in [2.45, 2.75) is 19.3 Å². The highest BCUT2D eigenvalue weighted by Gasteiger charge is 2.36. The fourth-order valence-electron chi connectivity index (χ4n) is 10.0. The maximum absolute atomic E-state index is 6.96. The molecule has 0 N–H and O–H groups in total. The highest BCUT2D eigenvalue weighted by atomic mass is 16.3. The number of rotatable bonds is 7. The SMILES string of the molecule is CC1(C)c2cc(-c3ccc4c(c3)c3ccccc3c3c5ccc(N(c6ccccc6)c6ccccc6)cc5oc43)ccc2-c2ccc(N(c3ccccc3)c3ccccc3)cc21. The molecule has 1 aliphatic rings. The lowest BCUT2D eigenvalue weighted by atomic mass is 9.81. The summed E-state index contributed by atoms with van der Waals surface area (Å²) >= 11 is 0. The first-order valence-electron chi connectivity index (χ1n) is 21.4. The highest BCUT2D eigenvalue weighted by molar-refractivity contribution is 6.30. The topological polar surface area (TPSA) is 19.6 Å². The van der Waals surface area contributed by atoms with Gasteiger partial charge in [-0.3, -0.25) is 0 Å². The summed E-state index contributed by atoms with van der Waals surface area (Å²) in [5, 5.41) is 7.00. The van der Waals surface area contributed by atoms with Crippen LogP contribution in [0.2, 0.25) is 0 Å². The second kappa shape index (κ2) is 14.1. The zero-order chi connectivity index (χ0) is 41.4. The number of fused-ring (bicyclic) bond motifs is 11. The first-order chi connectivity index (χ1) is 30.5. The molecule has 0 unspecified atom stereocenters. The third-order valence-corrected chi connectivity index (χ3v) is 13.0. The summed E-state index contributed by atoms with van der Waals surface area (Å²) in [5.74, 6) is 0. The normalized spacial score (nSPS) is 12.8. The number of anilines is 6. The Labute approximate surface area is 361 Å². The third kappa shape index (κ3) is 5.66. The predicted molar refractivity (Wildman–Crippen MR) is 261 cm³/mol. The van der Waals surface area contributed by atoms with Crippen molar-refractivity contribution in [1.82, 2.24) is 0 Å². The molecule has 0 radical (unpaired) electrons. The van der Waals surface area contributed by atoms with E-state index in [9.17, 15) is 0 Å². The molecule has 294 valence electrons. The molecule has 0 atom stereocenters. The Kier molecular flexibility index (Phi) is 8.20. The molecule has 0 saturated carbocycles. The van der Waals surface area contributed by atoms with Gasteiger partial charge in [0.05, 0.1) is 0 Å². The monoisotopic (exact) mass is 794 g/mol. The van der Waals surface area contributed by atoms with Crippen LogP contribution in [0.25, 0.3) is 65.7 Å². The highest BCUT2D eigenvalue weighted by Crippen LogP contribution is 2.52. The van der Waals surface area contributed by atoms with Crippen molar-refractivity contribution in [2.75, 3.05) is 9.80 Å². The summed E-state index contributed by atoms with van der Waals surface area (Å²) in [7, 11) is 0. The number of furan rings is 1. The molecule has 0 amide bonds. The van der Waals surface area contributed by atoms with Crippen molar-refractivity contribution in [1.29, 1.82) is 0 Å². The Morgan fingerprint density at radius 1 is 0.339 bits per heavy atom. The standard InChI is InChI=1S/C59H42N2O/c1-59(2)54-36-40(27-31-48(54)49-33-29-45(37-55(49)59)60(41-17-7-3-8-18-41)42-19-9-4-10-20-42)39-28-32-51-53(35-39)47-25-15-16-26-50(47)57-52-34-30-46(38-56(52)62-58(51)57)61(43-21-11-5-12-22-43)44-23-13-6-14-24-44/h3-38H,1-2H3. The second-order valence-corrected chi connectivity index (χ2v) is 16.9. The molecule has 10 aromatic carbocycles. The first-order valence-corrected chi connectivity index (χ1v) is 21.4. The lowest BCUT2D eigenvalue weighted by Gasteiger charge is -2.28. The van der Waals surface area contributed by atoms with Gasteiger partial charge in [-0.2, -0.15) is 0 Å². The lowest BCUT2D eigenvalue weighted by molar-refractivity contribution is 0.660. The molecule has 12 rings (SSSR count). The van der Waals surface area contributed by atoms with E-state index in [1.807, 2.05) is 0 Å². The average Bonchev–Trinajstić information content (AvgIpc) is 3.82. The summed E-state index contributed by atoms with van der Waals surface area (Å²) in [6, 6.07) is 78.8. The molecule has 0 bridgehead atoms. The van der Waals surface area contributed by atoms with Crippen molar-refractivity contribution in [2.24, 2.45) is 0 Å². The van der Waals surface area contributed by atoms with Crippen LogP contribution in [-0.2, 0) is 5.41 Å². The minimum absolute atomic E-state index is 0.199. The van der Waals surface area contributed by atoms with E-state index in [1.54, 1.807) is 0 Å². The molecule has 3 nitrogen and oxygen atoms in total. The van der Waals surface area contributed by atoms with E-state index in [4.69, 9.17) is 4.42 Å². The Hall–Kier alpha value is -7.88. The van der Waals surface area contributed by atoms with Gasteiger partial charge in [0.2, 0.25) is 0 Å². The number of hydrogen-bond acceptors (Lipinski definition) is 3. The van der Waals surface area contributed by atoms with E-state index in [1.165, 1.54) is 49.5 Å². The van der Waals surface area contributed by atoms with Gasteiger partial charge in [0.15, 0.2) is 0 Å². The van der Waals surface area contributed by atoms with E-state index < -0.39 is 0 Å². The van der Waals surface area contributed by atoms with Crippen LogP contribution in [0.1, 0.15) is 25.0 Å². The van der Waals surface area contributed by atoms with Crippen LogP contribution in [0.4, 0.5) is 34.1 Å². The Morgan fingerprint density at radius 2 is 0.790 bits per heavy atom. The molecule has 1 heterocycles. The van der Waals surface area contributed by atoms with E-state index in [0.29, 0.717) is 0 Å². The zero-order valence-corrected chi connectivity index (χ0v) is 34.6. The summed E-state index contributed by atoms with van der Waals surface area (Å²) in [4.78, 5) is 4.64. The minimum Gasteiger partial charge on any atom is -0.455 e. The molecule has 11 aromatic rings. The smallest absolute Gasteiger partial charge is 0.143 e. The van der Waals surface area contributed by atoms with Crippen LogP contribution in [0.5, 0.6) is 0 Å². The van der Waals surface area contributed by atoms with Gasteiger partial charge in [0.1, 0.15) is 11.2 Å². The zero-order valence-electron chi connectivity index (χ0n) is 34.6. The molecular weight excluding hydrogens is 753 g/mol.